The van der Waals surface area contributed by atoms with Crippen molar-refractivity contribution in [2.75, 3.05) is 0 Å². The zero-order chi connectivity index (χ0) is 14.7. The molecule has 106 valence electrons. The van der Waals surface area contributed by atoms with Crippen LogP contribution in [0, 0.1) is 6.92 Å². The predicted molar refractivity (Wildman–Crippen MR) is 85.1 cm³/mol. The van der Waals surface area contributed by atoms with Crippen molar-refractivity contribution < 1.29 is 5.11 Å². The second-order valence-corrected chi connectivity index (χ2v) is 5.23. The standard InChI is InChI=1S/C18H18N2O/c1-13-7-8-17(21)16(10-13)12-19-11-15-5-2-4-14-6-3-9-20-18(14)15/h2-10,19,21H,11-12H2,1H3. The highest BCUT2D eigenvalue weighted by Gasteiger charge is 2.03. The fraction of sp³-hybridized carbons (Fsp3) is 0.167. The molecule has 0 saturated carbocycles. The molecule has 2 aromatic carbocycles. The number of aryl methyl sites for hydroxylation is 1. The number of aromatic nitrogens is 1. The van der Waals surface area contributed by atoms with Gasteiger partial charge >= 0.3 is 0 Å². The Bertz CT molecular complexity index is 763. The fourth-order valence-corrected chi connectivity index (χ4v) is 2.50. The molecule has 0 aliphatic carbocycles. The van der Waals surface area contributed by atoms with Gasteiger partial charge in [0.05, 0.1) is 5.52 Å². The van der Waals surface area contributed by atoms with E-state index in [9.17, 15) is 5.11 Å². The Balaban J connectivity index is 1.74. The normalized spacial score (nSPS) is 10.9. The fourth-order valence-electron chi connectivity index (χ4n) is 2.50. The maximum Gasteiger partial charge on any atom is 0.120 e. The highest BCUT2D eigenvalue weighted by Crippen LogP contribution is 2.19. The number of aromatic hydroxyl groups is 1. The molecule has 0 spiro atoms. The zero-order valence-corrected chi connectivity index (χ0v) is 12.0. The van der Waals surface area contributed by atoms with Gasteiger partial charge in [0.15, 0.2) is 0 Å². The van der Waals surface area contributed by atoms with Crippen molar-refractivity contribution in [1.82, 2.24) is 10.3 Å². The molecule has 3 rings (SSSR count). The SMILES string of the molecule is Cc1ccc(O)c(CNCc2cccc3cccnc23)c1. The number of pyridine rings is 1. The molecule has 3 aromatic rings. The minimum atomic E-state index is 0.337. The van der Waals surface area contributed by atoms with E-state index in [0.29, 0.717) is 12.3 Å². The molecule has 0 saturated heterocycles. The Morgan fingerprint density at radius 3 is 2.71 bits per heavy atom. The number of phenolic OH excluding ortho intramolecular Hbond substituents is 1. The van der Waals surface area contributed by atoms with Crippen molar-refractivity contribution >= 4 is 10.9 Å². The number of hydrogen-bond donors (Lipinski definition) is 2. The number of benzene rings is 2. The monoisotopic (exact) mass is 278 g/mol. The molecular formula is C18H18N2O. The zero-order valence-electron chi connectivity index (χ0n) is 12.0. The minimum absolute atomic E-state index is 0.337. The van der Waals surface area contributed by atoms with E-state index < -0.39 is 0 Å². The summed E-state index contributed by atoms with van der Waals surface area (Å²) in [5.74, 6) is 0.337. The molecule has 0 radical (unpaired) electrons. The van der Waals surface area contributed by atoms with E-state index in [-0.39, 0.29) is 0 Å². The lowest BCUT2D eigenvalue weighted by Gasteiger charge is -2.09. The van der Waals surface area contributed by atoms with Crippen molar-refractivity contribution in [3.05, 3.63) is 71.4 Å². The number of hydrogen-bond acceptors (Lipinski definition) is 3. The Labute approximate surface area is 124 Å². The van der Waals surface area contributed by atoms with Gasteiger partial charge in [-0.2, -0.15) is 0 Å². The molecule has 0 bridgehead atoms. The molecule has 3 heteroatoms. The Morgan fingerprint density at radius 2 is 1.81 bits per heavy atom. The third-order valence-corrected chi connectivity index (χ3v) is 3.58. The van der Waals surface area contributed by atoms with E-state index in [1.54, 1.807) is 6.07 Å². The van der Waals surface area contributed by atoms with Crippen molar-refractivity contribution in [2.45, 2.75) is 20.0 Å². The highest BCUT2D eigenvalue weighted by atomic mass is 16.3. The van der Waals surface area contributed by atoms with Crippen LogP contribution in [0.25, 0.3) is 10.9 Å². The first-order chi connectivity index (χ1) is 10.2. The molecule has 0 amide bonds. The van der Waals surface area contributed by atoms with Crippen LogP contribution in [0.3, 0.4) is 0 Å². The quantitative estimate of drug-likeness (QED) is 0.767. The van der Waals surface area contributed by atoms with Crippen molar-refractivity contribution in [3.63, 3.8) is 0 Å². The van der Waals surface area contributed by atoms with Crippen LogP contribution in [0.5, 0.6) is 5.75 Å². The van der Waals surface area contributed by atoms with E-state index >= 15 is 0 Å². The second-order valence-electron chi connectivity index (χ2n) is 5.23. The largest absolute Gasteiger partial charge is 0.508 e. The van der Waals surface area contributed by atoms with E-state index in [4.69, 9.17) is 0 Å². The third kappa shape index (κ3) is 3.03. The van der Waals surface area contributed by atoms with Crippen LogP contribution in [0.1, 0.15) is 16.7 Å². The smallest absolute Gasteiger partial charge is 0.120 e. The summed E-state index contributed by atoms with van der Waals surface area (Å²) in [5.41, 5.74) is 4.26. The number of para-hydroxylation sites is 1. The average Bonchev–Trinajstić information content (AvgIpc) is 2.51. The van der Waals surface area contributed by atoms with Gasteiger partial charge in [0, 0.05) is 30.2 Å². The van der Waals surface area contributed by atoms with Crippen LogP contribution in [0.2, 0.25) is 0 Å². The van der Waals surface area contributed by atoms with E-state index in [0.717, 1.165) is 28.6 Å². The van der Waals surface area contributed by atoms with E-state index in [1.165, 1.54) is 5.56 Å². The maximum absolute atomic E-state index is 9.85. The molecule has 1 aromatic heterocycles. The molecule has 3 nitrogen and oxygen atoms in total. The first-order valence-electron chi connectivity index (χ1n) is 7.06. The lowest BCUT2D eigenvalue weighted by Crippen LogP contribution is -2.13. The number of nitrogens with zero attached hydrogens (tertiary/aromatic N) is 1. The van der Waals surface area contributed by atoms with Crippen LogP contribution in [0.4, 0.5) is 0 Å². The summed E-state index contributed by atoms with van der Waals surface area (Å²) in [6, 6.07) is 15.9. The molecule has 2 N–H and O–H groups in total. The molecule has 1 heterocycles. The summed E-state index contributed by atoms with van der Waals surface area (Å²) in [6.07, 6.45) is 1.82. The third-order valence-electron chi connectivity index (χ3n) is 3.58. The Kier molecular flexibility index (Phi) is 3.84. The van der Waals surface area contributed by atoms with Crippen molar-refractivity contribution in [3.8, 4) is 5.75 Å². The van der Waals surface area contributed by atoms with E-state index in [2.05, 4.69) is 28.5 Å². The van der Waals surface area contributed by atoms with Gasteiger partial charge < -0.3 is 10.4 Å². The van der Waals surface area contributed by atoms with Gasteiger partial charge in [-0.15, -0.1) is 0 Å². The number of rotatable bonds is 4. The number of nitrogens with one attached hydrogen (secondary N) is 1. The molecule has 0 unspecified atom stereocenters. The van der Waals surface area contributed by atoms with Crippen molar-refractivity contribution in [1.29, 1.82) is 0 Å². The van der Waals surface area contributed by atoms with Gasteiger partial charge in [0.1, 0.15) is 5.75 Å². The van der Waals surface area contributed by atoms with Crippen LogP contribution < -0.4 is 5.32 Å². The van der Waals surface area contributed by atoms with Gasteiger partial charge in [0.25, 0.3) is 0 Å². The number of fused-ring (bicyclic) bond motifs is 1. The number of phenols is 1. The van der Waals surface area contributed by atoms with Gasteiger partial charge in [-0.25, -0.2) is 0 Å². The van der Waals surface area contributed by atoms with Gasteiger partial charge in [-0.1, -0.05) is 42.0 Å². The van der Waals surface area contributed by atoms with Crippen LogP contribution >= 0.6 is 0 Å². The van der Waals surface area contributed by atoms with E-state index in [1.807, 2.05) is 37.4 Å². The molecule has 0 atom stereocenters. The summed E-state index contributed by atoms with van der Waals surface area (Å²) in [4.78, 5) is 4.45. The lowest BCUT2D eigenvalue weighted by molar-refractivity contribution is 0.464. The minimum Gasteiger partial charge on any atom is -0.508 e. The van der Waals surface area contributed by atoms with Crippen LogP contribution in [-0.4, -0.2) is 10.1 Å². The topological polar surface area (TPSA) is 45.1 Å². The first kappa shape index (κ1) is 13.6. The average molecular weight is 278 g/mol. The Hall–Kier alpha value is -2.39. The summed E-state index contributed by atoms with van der Waals surface area (Å²) < 4.78 is 0. The van der Waals surface area contributed by atoms with Gasteiger partial charge in [-0.3, -0.25) is 4.98 Å². The molecule has 0 fully saturated rings. The summed E-state index contributed by atoms with van der Waals surface area (Å²) in [6.45, 7) is 3.38. The molecular weight excluding hydrogens is 260 g/mol. The summed E-state index contributed by atoms with van der Waals surface area (Å²) in [5, 5.41) is 14.4. The van der Waals surface area contributed by atoms with Gasteiger partial charge in [0.2, 0.25) is 0 Å². The van der Waals surface area contributed by atoms with Crippen molar-refractivity contribution in [2.24, 2.45) is 0 Å². The molecule has 0 aliphatic heterocycles. The molecule has 21 heavy (non-hydrogen) atoms. The van der Waals surface area contributed by atoms with Crippen LogP contribution in [-0.2, 0) is 13.1 Å². The first-order valence-corrected chi connectivity index (χ1v) is 7.06. The Morgan fingerprint density at radius 1 is 1.00 bits per heavy atom. The summed E-state index contributed by atoms with van der Waals surface area (Å²) >= 11 is 0. The summed E-state index contributed by atoms with van der Waals surface area (Å²) in [7, 11) is 0. The van der Waals surface area contributed by atoms with Crippen LogP contribution in [0.15, 0.2) is 54.7 Å². The molecule has 0 aliphatic rings. The predicted octanol–water partition coefficient (Wildman–Crippen LogP) is 3.54. The van der Waals surface area contributed by atoms with Gasteiger partial charge in [-0.05, 0) is 24.6 Å². The highest BCUT2D eigenvalue weighted by molar-refractivity contribution is 5.81. The lowest BCUT2D eigenvalue weighted by atomic mass is 10.1. The maximum atomic E-state index is 9.85. The second kappa shape index (κ2) is 5.94.